The third-order valence-corrected chi connectivity index (χ3v) is 5.82. The number of ether oxygens (including phenoxy) is 2. The number of nitrogens with zero attached hydrogens (tertiary/aromatic N) is 2. The number of esters is 1. The van der Waals surface area contributed by atoms with E-state index in [0.29, 0.717) is 30.2 Å². The van der Waals surface area contributed by atoms with Gasteiger partial charge in [-0.25, -0.2) is 4.79 Å². The summed E-state index contributed by atoms with van der Waals surface area (Å²) in [4.78, 5) is 41.4. The quantitative estimate of drug-likeness (QED) is 0.679. The molecule has 2 aliphatic heterocycles. The predicted molar refractivity (Wildman–Crippen MR) is 125 cm³/mol. The first-order valence-electron chi connectivity index (χ1n) is 11.4. The van der Waals surface area contributed by atoms with E-state index in [-0.39, 0.29) is 18.4 Å². The van der Waals surface area contributed by atoms with Gasteiger partial charge in [-0.05, 0) is 62.6 Å². The second-order valence-corrected chi connectivity index (χ2v) is 8.19. The maximum absolute atomic E-state index is 13.1. The summed E-state index contributed by atoms with van der Waals surface area (Å²) in [7, 11) is 0. The molecule has 0 saturated carbocycles. The highest BCUT2D eigenvalue weighted by molar-refractivity contribution is 5.96. The van der Waals surface area contributed by atoms with Gasteiger partial charge in [0, 0.05) is 18.8 Å². The molecule has 2 aromatic carbocycles. The van der Waals surface area contributed by atoms with Crippen molar-refractivity contribution in [1.29, 1.82) is 0 Å². The molecular formula is C25H29N3O5. The largest absolute Gasteiger partial charge is 0.477 e. The fraction of sp³-hybridized carbons (Fsp3) is 0.400. The fourth-order valence-corrected chi connectivity index (χ4v) is 4.18. The Morgan fingerprint density at radius 2 is 1.76 bits per heavy atom. The standard InChI is InChI=1S/C25H29N3O5/c1-2-32-25(31)18-10-12-19(13-11-18)26-23(29)17-28-16-22(24(30)27-14-6-3-7-15-27)33-21-9-5-4-8-20(21)28/h4-5,8-13,22H,2-3,6-7,14-17H2,1H3,(H,26,29). The zero-order chi connectivity index (χ0) is 23.2. The molecule has 4 rings (SSSR count). The first-order valence-corrected chi connectivity index (χ1v) is 11.4. The van der Waals surface area contributed by atoms with Crippen LogP contribution in [0.3, 0.4) is 0 Å². The van der Waals surface area contributed by atoms with Crippen molar-refractivity contribution < 1.29 is 23.9 Å². The molecule has 8 nitrogen and oxygen atoms in total. The number of rotatable bonds is 6. The number of hydrogen-bond donors (Lipinski definition) is 1. The molecule has 0 bridgehead atoms. The minimum Gasteiger partial charge on any atom is -0.477 e. The van der Waals surface area contributed by atoms with Gasteiger partial charge in [0.2, 0.25) is 5.91 Å². The summed E-state index contributed by atoms with van der Waals surface area (Å²) in [6.45, 7) is 3.94. The van der Waals surface area contributed by atoms with Gasteiger partial charge >= 0.3 is 5.97 Å². The molecule has 2 aliphatic rings. The summed E-state index contributed by atoms with van der Waals surface area (Å²) in [6.07, 6.45) is 2.52. The number of likely N-dealkylation sites (tertiary alicyclic amines) is 1. The van der Waals surface area contributed by atoms with E-state index >= 15 is 0 Å². The van der Waals surface area contributed by atoms with Crippen molar-refractivity contribution in [3.8, 4) is 5.75 Å². The van der Waals surface area contributed by atoms with Gasteiger partial charge in [-0.1, -0.05) is 12.1 Å². The highest BCUT2D eigenvalue weighted by Crippen LogP contribution is 2.33. The molecule has 33 heavy (non-hydrogen) atoms. The summed E-state index contributed by atoms with van der Waals surface area (Å²) >= 11 is 0. The molecule has 2 heterocycles. The number of para-hydroxylation sites is 2. The Bertz CT molecular complexity index is 1000. The molecule has 0 aliphatic carbocycles. The second-order valence-electron chi connectivity index (χ2n) is 8.19. The second kappa shape index (κ2) is 10.4. The van der Waals surface area contributed by atoms with Crippen LogP contribution in [0.15, 0.2) is 48.5 Å². The Balaban J connectivity index is 1.43. The predicted octanol–water partition coefficient (Wildman–Crippen LogP) is 3.08. The minimum atomic E-state index is -0.644. The number of benzene rings is 2. The van der Waals surface area contributed by atoms with Gasteiger partial charge < -0.3 is 24.6 Å². The topological polar surface area (TPSA) is 88.2 Å². The van der Waals surface area contributed by atoms with Crippen molar-refractivity contribution in [1.82, 2.24) is 4.90 Å². The number of amides is 2. The van der Waals surface area contributed by atoms with Crippen molar-refractivity contribution in [2.45, 2.75) is 32.3 Å². The van der Waals surface area contributed by atoms with Crippen LogP contribution in [0, 0.1) is 0 Å². The van der Waals surface area contributed by atoms with Crippen molar-refractivity contribution in [2.24, 2.45) is 0 Å². The van der Waals surface area contributed by atoms with Crippen LogP contribution in [0.1, 0.15) is 36.5 Å². The third kappa shape index (κ3) is 5.45. The highest BCUT2D eigenvalue weighted by Gasteiger charge is 2.34. The molecule has 1 atom stereocenters. The van der Waals surface area contributed by atoms with E-state index < -0.39 is 12.1 Å². The highest BCUT2D eigenvalue weighted by atomic mass is 16.5. The Morgan fingerprint density at radius 1 is 1.03 bits per heavy atom. The van der Waals surface area contributed by atoms with Gasteiger partial charge in [-0.2, -0.15) is 0 Å². The van der Waals surface area contributed by atoms with E-state index in [2.05, 4.69) is 5.32 Å². The molecule has 8 heteroatoms. The van der Waals surface area contributed by atoms with Crippen LogP contribution < -0.4 is 15.0 Å². The van der Waals surface area contributed by atoms with Gasteiger partial charge in [0.05, 0.1) is 30.9 Å². The van der Waals surface area contributed by atoms with Gasteiger partial charge in [0.1, 0.15) is 5.75 Å². The number of carbonyl (C=O) groups is 3. The van der Waals surface area contributed by atoms with E-state index in [1.54, 1.807) is 31.2 Å². The van der Waals surface area contributed by atoms with Crippen molar-refractivity contribution in [2.75, 3.05) is 43.0 Å². The SMILES string of the molecule is CCOC(=O)c1ccc(NC(=O)CN2CC(C(=O)N3CCCCC3)Oc3ccccc32)cc1. The summed E-state index contributed by atoms with van der Waals surface area (Å²) in [5.41, 5.74) is 1.79. The van der Waals surface area contributed by atoms with Gasteiger partial charge in [0.25, 0.3) is 5.91 Å². The van der Waals surface area contributed by atoms with Gasteiger partial charge in [0.15, 0.2) is 6.10 Å². The lowest BCUT2D eigenvalue weighted by Gasteiger charge is -2.38. The molecule has 2 amide bonds. The maximum atomic E-state index is 13.1. The molecule has 174 valence electrons. The molecule has 0 aromatic heterocycles. The Labute approximate surface area is 193 Å². The summed E-state index contributed by atoms with van der Waals surface area (Å²) in [5, 5.41) is 2.86. The monoisotopic (exact) mass is 451 g/mol. The number of nitrogens with one attached hydrogen (secondary N) is 1. The summed E-state index contributed by atoms with van der Waals surface area (Å²) in [6, 6.07) is 14.0. The number of fused-ring (bicyclic) bond motifs is 1. The maximum Gasteiger partial charge on any atom is 0.338 e. The fourth-order valence-electron chi connectivity index (χ4n) is 4.18. The van der Waals surface area contributed by atoms with E-state index in [9.17, 15) is 14.4 Å². The molecule has 0 spiro atoms. The van der Waals surface area contributed by atoms with E-state index in [1.807, 2.05) is 34.1 Å². The van der Waals surface area contributed by atoms with E-state index in [4.69, 9.17) is 9.47 Å². The lowest BCUT2D eigenvalue weighted by molar-refractivity contribution is -0.139. The van der Waals surface area contributed by atoms with Gasteiger partial charge in [-0.15, -0.1) is 0 Å². The number of hydrogen-bond acceptors (Lipinski definition) is 6. The smallest absolute Gasteiger partial charge is 0.338 e. The van der Waals surface area contributed by atoms with Crippen LogP contribution in [0.25, 0.3) is 0 Å². The van der Waals surface area contributed by atoms with E-state index in [1.165, 1.54) is 0 Å². The Morgan fingerprint density at radius 3 is 2.48 bits per heavy atom. The summed E-state index contributed by atoms with van der Waals surface area (Å²) in [5.74, 6) is -0.0423. The number of anilines is 2. The number of piperidine rings is 1. The van der Waals surface area contributed by atoms with Crippen LogP contribution in [-0.2, 0) is 14.3 Å². The van der Waals surface area contributed by atoms with Gasteiger partial charge in [-0.3, -0.25) is 9.59 Å². The first-order chi connectivity index (χ1) is 16.0. The first kappa shape index (κ1) is 22.6. The van der Waals surface area contributed by atoms with Crippen molar-refractivity contribution in [3.63, 3.8) is 0 Å². The van der Waals surface area contributed by atoms with Crippen LogP contribution >= 0.6 is 0 Å². The number of carbonyl (C=O) groups excluding carboxylic acids is 3. The zero-order valence-corrected chi connectivity index (χ0v) is 18.8. The molecule has 0 radical (unpaired) electrons. The lowest BCUT2D eigenvalue weighted by Crippen LogP contribution is -2.52. The Kier molecular flexibility index (Phi) is 7.12. The lowest BCUT2D eigenvalue weighted by atomic mass is 10.1. The normalized spacial score (nSPS) is 17.5. The molecular weight excluding hydrogens is 422 g/mol. The average molecular weight is 452 g/mol. The molecule has 1 fully saturated rings. The Hall–Kier alpha value is -3.55. The molecule has 2 aromatic rings. The van der Waals surface area contributed by atoms with Crippen molar-refractivity contribution >= 4 is 29.2 Å². The van der Waals surface area contributed by atoms with Crippen LogP contribution in [-0.4, -0.2) is 61.6 Å². The van der Waals surface area contributed by atoms with Crippen LogP contribution in [0.4, 0.5) is 11.4 Å². The van der Waals surface area contributed by atoms with Crippen molar-refractivity contribution in [3.05, 3.63) is 54.1 Å². The average Bonchev–Trinajstić information content (AvgIpc) is 2.84. The molecule has 1 saturated heterocycles. The molecule has 1 N–H and O–H groups in total. The van der Waals surface area contributed by atoms with Crippen LogP contribution in [0.2, 0.25) is 0 Å². The zero-order valence-electron chi connectivity index (χ0n) is 18.8. The van der Waals surface area contributed by atoms with E-state index in [0.717, 1.165) is 38.0 Å². The van der Waals surface area contributed by atoms with Crippen LogP contribution in [0.5, 0.6) is 5.75 Å². The minimum absolute atomic E-state index is 0.0239. The summed E-state index contributed by atoms with van der Waals surface area (Å²) < 4.78 is 11.0. The third-order valence-electron chi connectivity index (χ3n) is 5.82. The molecule has 1 unspecified atom stereocenters.